The van der Waals surface area contributed by atoms with E-state index in [9.17, 15) is 9.59 Å². The van der Waals surface area contributed by atoms with Gasteiger partial charge in [-0.2, -0.15) is 11.3 Å². The monoisotopic (exact) mass is 352 g/mol. The van der Waals surface area contributed by atoms with Gasteiger partial charge in [0.05, 0.1) is 6.42 Å². The molecular formula is C18H28N2O3S. The third kappa shape index (κ3) is 5.82. The number of piperidine rings is 1. The standard InChI is InChI=1S/C18H28N2O3S/c1-18(2,3)23-17(22)20-8-5-14(6-9-20)12-19(4)16(21)11-15-7-10-24-13-15/h7,10,13-14H,5-6,8-9,11-12H2,1-4H3. The Morgan fingerprint density at radius 1 is 1.33 bits per heavy atom. The van der Waals surface area contributed by atoms with Crippen molar-refractivity contribution in [3.05, 3.63) is 22.4 Å². The van der Waals surface area contributed by atoms with Gasteiger partial charge in [0.25, 0.3) is 0 Å². The smallest absolute Gasteiger partial charge is 0.410 e. The first-order chi connectivity index (χ1) is 11.2. The van der Waals surface area contributed by atoms with Gasteiger partial charge in [0.15, 0.2) is 0 Å². The van der Waals surface area contributed by atoms with E-state index in [0.29, 0.717) is 25.4 Å². The SMILES string of the molecule is CN(CC1CCN(C(=O)OC(C)(C)C)CC1)C(=O)Cc1ccsc1. The van der Waals surface area contributed by atoms with Gasteiger partial charge in [-0.25, -0.2) is 4.79 Å². The minimum absolute atomic E-state index is 0.156. The third-order valence-corrected chi connectivity index (χ3v) is 4.89. The Hall–Kier alpha value is -1.56. The van der Waals surface area contributed by atoms with Crippen LogP contribution in [0.5, 0.6) is 0 Å². The summed E-state index contributed by atoms with van der Waals surface area (Å²) < 4.78 is 5.41. The van der Waals surface area contributed by atoms with Gasteiger partial charge in [-0.15, -0.1) is 0 Å². The molecule has 1 aromatic heterocycles. The maximum Gasteiger partial charge on any atom is 0.410 e. The van der Waals surface area contributed by atoms with E-state index < -0.39 is 5.60 Å². The van der Waals surface area contributed by atoms with Crippen molar-refractivity contribution in [1.82, 2.24) is 9.80 Å². The Kier molecular flexibility index (Phi) is 6.27. The maximum atomic E-state index is 12.3. The number of rotatable bonds is 4. The van der Waals surface area contributed by atoms with Crippen molar-refractivity contribution in [3.8, 4) is 0 Å². The molecule has 1 aliphatic heterocycles. The van der Waals surface area contributed by atoms with Crippen LogP contribution in [-0.4, -0.2) is 54.1 Å². The molecule has 0 saturated carbocycles. The third-order valence-electron chi connectivity index (χ3n) is 4.16. The van der Waals surface area contributed by atoms with Gasteiger partial charge in [-0.3, -0.25) is 4.79 Å². The molecular weight excluding hydrogens is 324 g/mol. The fraction of sp³-hybridized carbons (Fsp3) is 0.667. The van der Waals surface area contributed by atoms with Crippen LogP contribution in [0.3, 0.4) is 0 Å². The number of nitrogens with zero attached hydrogens (tertiary/aromatic N) is 2. The Morgan fingerprint density at radius 2 is 2.00 bits per heavy atom. The molecule has 0 unspecified atom stereocenters. The molecule has 1 fully saturated rings. The fourth-order valence-electron chi connectivity index (χ4n) is 2.82. The van der Waals surface area contributed by atoms with E-state index >= 15 is 0 Å². The molecule has 5 nitrogen and oxygen atoms in total. The maximum absolute atomic E-state index is 12.3. The molecule has 1 aliphatic rings. The van der Waals surface area contributed by atoms with Crippen molar-refractivity contribution < 1.29 is 14.3 Å². The predicted molar refractivity (Wildman–Crippen MR) is 96.2 cm³/mol. The number of hydrogen-bond donors (Lipinski definition) is 0. The number of amides is 2. The molecule has 0 aromatic carbocycles. The highest BCUT2D eigenvalue weighted by Crippen LogP contribution is 2.20. The van der Waals surface area contributed by atoms with Gasteiger partial charge in [-0.1, -0.05) is 0 Å². The molecule has 1 saturated heterocycles. The molecule has 134 valence electrons. The lowest BCUT2D eigenvalue weighted by Crippen LogP contribution is -2.44. The van der Waals surface area contributed by atoms with Crippen LogP contribution in [0.15, 0.2) is 16.8 Å². The zero-order valence-corrected chi connectivity index (χ0v) is 15.9. The first kappa shape index (κ1) is 18.8. The van der Waals surface area contributed by atoms with Crippen molar-refractivity contribution in [2.24, 2.45) is 5.92 Å². The van der Waals surface area contributed by atoms with E-state index in [4.69, 9.17) is 4.74 Å². The van der Waals surface area contributed by atoms with E-state index in [1.165, 1.54) is 0 Å². The van der Waals surface area contributed by atoms with Crippen LogP contribution in [0.2, 0.25) is 0 Å². The molecule has 0 spiro atoms. The molecule has 0 aliphatic carbocycles. The van der Waals surface area contributed by atoms with E-state index in [1.807, 2.05) is 49.5 Å². The van der Waals surface area contributed by atoms with Gasteiger partial charge < -0.3 is 14.5 Å². The minimum Gasteiger partial charge on any atom is -0.444 e. The number of carbonyl (C=O) groups excluding carboxylic acids is 2. The molecule has 2 amide bonds. The van der Waals surface area contributed by atoms with Crippen LogP contribution in [0.25, 0.3) is 0 Å². The summed E-state index contributed by atoms with van der Waals surface area (Å²) >= 11 is 1.62. The number of ether oxygens (including phenoxy) is 1. The van der Waals surface area contributed by atoms with E-state index in [1.54, 1.807) is 16.2 Å². The highest BCUT2D eigenvalue weighted by Gasteiger charge is 2.27. The molecule has 2 heterocycles. The lowest BCUT2D eigenvalue weighted by Gasteiger charge is -2.34. The second-order valence-electron chi connectivity index (χ2n) is 7.49. The number of likely N-dealkylation sites (tertiary alicyclic amines) is 1. The van der Waals surface area contributed by atoms with Crippen molar-refractivity contribution in [2.75, 3.05) is 26.7 Å². The van der Waals surface area contributed by atoms with Gasteiger partial charge >= 0.3 is 6.09 Å². The number of thiophene rings is 1. The van der Waals surface area contributed by atoms with E-state index in [0.717, 1.165) is 24.9 Å². The summed E-state index contributed by atoms with van der Waals surface area (Å²) in [6.45, 7) is 7.80. The molecule has 1 aromatic rings. The van der Waals surface area contributed by atoms with Crippen LogP contribution in [0.4, 0.5) is 4.79 Å². The van der Waals surface area contributed by atoms with Crippen molar-refractivity contribution >= 4 is 23.3 Å². The van der Waals surface area contributed by atoms with Gasteiger partial charge in [-0.05, 0) is 61.9 Å². The molecule has 2 rings (SSSR count). The normalized spacial score (nSPS) is 16.1. The van der Waals surface area contributed by atoms with Crippen molar-refractivity contribution in [1.29, 1.82) is 0 Å². The molecule has 0 radical (unpaired) electrons. The van der Waals surface area contributed by atoms with Crippen LogP contribution in [0.1, 0.15) is 39.2 Å². The van der Waals surface area contributed by atoms with Gasteiger partial charge in [0, 0.05) is 26.7 Å². The minimum atomic E-state index is -0.456. The first-order valence-corrected chi connectivity index (χ1v) is 9.42. The van der Waals surface area contributed by atoms with Crippen molar-refractivity contribution in [3.63, 3.8) is 0 Å². The average Bonchev–Trinajstić information content (AvgIpc) is 2.99. The second-order valence-corrected chi connectivity index (χ2v) is 8.27. The van der Waals surface area contributed by atoms with Gasteiger partial charge in [0.2, 0.25) is 5.91 Å². The molecule has 0 N–H and O–H groups in total. The Balaban J connectivity index is 1.74. The van der Waals surface area contributed by atoms with E-state index in [-0.39, 0.29) is 12.0 Å². The lowest BCUT2D eigenvalue weighted by molar-refractivity contribution is -0.130. The lowest BCUT2D eigenvalue weighted by atomic mass is 9.96. The zero-order valence-electron chi connectivity index (χ0n) is 15.1. The second kappa shape index (κ2) is 8.01. The predicted octanol–water partition coefficient (Wildman–Crippen LogP) is 3.40. The highest BCUT2D eigenvalue weighted by atomic mass is 32.1. The molecule has 6 heteroatoms. The van der Waals surface area contributed by atoms with Crippen LogP contribution in [-0.2, 0) is 16.0 Å². The van der Waals surface area contributed by atoms with Crippen LogP contribution < -0.4 is 0 Å². The Labute approximate surface area is 148 Å². The number of likely N-dealkylation sites (N-methyl/N-ethyl adjacent to an activating group) is 1. The Bertz CT molecular complexity index is 543. The summed E-state index contributed by atoms with van der Waals surface area (Å²) in [5.74, 6) is 0.600. The fourth-order valence-corrected chi connectivity index (χ4v) is 3.49. The summed E-state index contributed by atoms with van der Waals surface area (Å²) in [4.78, 5) is 27.9. The summed E-state index contributed by atoms with van der Waals surface area (Å²) in [5, 5.41) is 4.01. The number of hydrogen-bond acceptors (Lipinski definition) is 4. The van der Waals surface area contributed by atoms with Crippen LogP contribution >= 0.6 is 11.3 Å². The number of carbonyl (C=O) groups is 2. The Morgan fingerprint density at radius 3 is 2.54 bits per heavy atom. The summed E-state index contributed by atoms with van der Waals surface area (Å²) in [6.07, 6.45) is 2.06. The summed E-state index contributed by atoms with van der Waals surface area (Å²) in [7, 11) is 1.87. The zero-order chi connectivity index (χ0) is 17.7. The molecule has 0 bridgehead atoms. The summed E-state index contributed by atoms with van der Waals surface area (Å²) in [5.41, 5.74) is 0.624. The largest absolute Gasteiger partial charge is 0.444 e. The first-order valence-electron chi connectivity index (χ1n) is 8.47. The van der Waals surface area contributed by atoms with Gasteiger partial charge in [0.1, 0.15) is 5.60 Å². The highest BCUT2D eigenvalue weighted by molar-refractivity contribution is 7.07. The van der Waals surface area contributed by atoms with E-state index in [2.05, 4.69) is 0 Å². The quantitative estimate of drug-likeness (QED) is 0.834. The van der Waals surface area contributed by atoms with Crippen LogP contribution in [0, 0.1) is 5.92 Å². The molecule has 24 heavy (non-hydrogen) atoms. The van der Waals surface area contributed by atoms with Crippen molar-refractivity contribution in [2.45, 2.75) is 45.6 Å². The molecule has 0 atom stereocenters. The average molecular weight is 353 g/mol. The topological polar surface area (TPSA) is 49.9 Å². The summed E-state index contributed by atoms with van der Waals surface area (Å²) in [6, 6.07) is 2.00.